The van der Waals surface area contributed by atoms with Gasteiger partial charge in [0.1, 0.15) is 5.82 Å². The van der Waals surface area contributed by atoms with E-state index in [0.717, 1.165) is 6.07 Å². The normalized spacial score (nSPS) is 15.3. The summed E-state index contributed by atoms with van der Waals surface area (Å²) in [4.78, 5) is 18.9. The number of piperidine rings is 1. The lowest BCUT2D eigenvalue weighted by molar-refractivity contribution is -0.136. The van der Waals surface area contributed by atoms with Crippen LogP contribution in [0.5, 0.6) is 0 Å². The smallest absolute Gasteiger partial charge is 0.356 e. The van der Waals surface area contributed by atoms with Gasteiger partial charge in [0.05, 0.1) is 21.2 Å². The number of nitrogens with one attached hydrogen (secondary N) is 1. The summed E-state index contributed by atoms with van der Waals surface area (Å²) in [5.41, 5.74) is -0.360. The quantitative estimate of drug-likeness (QED) is 0.516. The first kappa shape index (κ1) is 21.7. The predicted octanol–water partition coefficient (Wildman–Crippen LogP) is 5.96. The van der Waals surface area contributed by atoms with Crippen molar-refractivity contribution in [2.24, 2.45) is 0 Å². The van der Waals surface area contributed by atoms with E-state index in [2.05, 4.69) is 10.3 Å². The lowest BCUT2D eigenvalue weighted by atomic mass is 10.0. The van der Waals surface area contributed by atoms with Crippen molar-refractivity contribution in [1.29, 1.82) is 0 Å². The molecular weight excluding hydrogens is 450 g/mol. The fourth-order valence-electron chi connectivity index (χ4n) is 3.87. The van der Waals surface area contributed by atoms with Crippen molar-refractivity contribution in [3.63, 3.8) is 0 Å². The van der Waals surface area contributed by atoms with Gasteiger partial charge in [-0.1, -0.05) is 41.4 Å². The summed E-state index contributed by atoms with van der Waals surface area (Å²) >= 11 is 12.1. The Morgan fingerprint density at radius 1 is 1.03 bits per heavy atom. The molecule has 1 aromatic heterocycles. The maximum atomic E-state index is 13.4. The van der Waals surface area contributed by atoms with Crippen LogP contribution in [0.1, 0.15) is 28.8 Å². The van der Waals surface area contributed by atoms with Gasteiger partial charge in [-0.25, -0.2) is 4.98 Å². The van der Waals surface area contributed by atoms with Crippen molar-refractivity contribution < 1.29 is 18.0 Å². The van der Waals surface area contributed by atoms with Crippen molar-refractivity contribution in [3.05, 3.63) is 69.8 Å². The minimum atomic E-state index is -4.43. The van der Waals surface area contributed by atoms with E-state index in [1.54, 1.807) is 24.3 Å². The molecule has 0 atom stereocenters. The van der Waals surface area contributed by atoms with Crippen LogP contribution in [0.4, 0.5) is 19.0 Å². The molecule has 0 unspecified atom stereocenters. The SMILES string of the molecule is O=C(NC1CCN(c2nccc3c(C(F)(F)F)cccc23)CC1)c1cccc(Cl)c1Cl. The number of anilines is 1. The second-order valence-electron chi connectivity index (χ2n) is 7.37. The van der Waals surface area contributed by atoms with Crippen LogP contribution in [-0.2, 0) is 6.18 Å². The summed E-state index contributed by atoms with van der Waals surface area (Å²) in [6.07, 6.45) is -1.78. The second-order valence-corrected chi connectivity index (χ2v) is 8.15. The Morgan fingerprint density at radius 3 is 2.45 bits per heavy atom. The third-order valence-electron chi connectivity index (χ3n) is 5.42. The molecule has 3 aromatic rings. The Hall–Kier alpha value is -2.51. The maximum Gasteiger partial charge on any atom is 0.417 e. The number of alkyl halides is 3. The summed E-state index contributed by atoms with van der Waals surface area (Å²) in [7, 11) is 0. The molecule has 2 aromatic carbocycles. The topological polar surface area (TPSA) is 45.2 Å². The summed E-state index contributed by atoms with van der Waals surface area (Å²) < 4.78 is 40.1. The van der Waals surface area contributed by atoms with Crippen LogP contribution in [0.15, 0.2) is 48.7 Å². The fourth-order valence-corrected chi connectivity index (χ4v) is 4.26. The van der Waals surface area contributed by atoms with Crippen molar-refractivity contribution >= 4 is 45.7 Å². The average Bonchev–Trinajstić information content (AvgIpc) is 2.74. The summed E-state index contributed by atoms with van der Waals surface area (Å²) in [5, 5.41) is 4.08. The van der Waals surface area contributed by atoms with Gasteiger partial charge in [0.2, 0.25) is 0 Å². The van der Waals surface area contributed by atoms with Crippen LogP contribution in [0.2, 0.25) is 10.0 Å². The number of aromatic nitrogens is 1. The van der Waals surface area contributed by atoms with Gasteiger partial charge in [0, 0.05) is 30.7 Å². The molecule has 0 spiro atoms. The molecule has 9 heteroatoms. The number of pyridine rings is 1. The van der Waals surface area contributed by atoms with Crippen LogP contribution < -0.4 is 10.2 Å². The Kier molecular flexibility index (Phi) is 5.99. The minimum Gasteiger partial charge on any atom is -0.356 e. The molecule has 1 saturated heterocycles. The zero-order valence-corrected chi connectivity index (χ0v) is 17.7. The second kappa shape index (κ2) is 8.55. The highest BCUT2D eigenvalue weighted by atomic mass is 35.5. The predicted molar refractivity (Wildman–Crippen MR) is 116 cm³/mol. The fraction of sp³-hybridized carbons (Fsp3) is 0.273. The van der Waals surface area contributed by atoms with E-state index < -0.39 is 11.7 Å². The number of fused-ring (bicyclic) bond motifs is 1. The third kappa shape index (κ3) is 4.43. The molecule has 0 saturated carbocycles. The molecule has 31 heavy (non-hydrogen) atoms. The zero-order chi connectivity index (χ0) is 22.2. The molecule has 162 valence electrons. The Balaban J connectivity index is 1.49. The molecule has 1 amide bonds. The van der Waals surface area contributed by atoms with Gasteiger partial charge in [-0.3, -0.25) is 4.79 Å². The molecule has 2 heterocycles. The van der Waals surface area contributed by atoms with Gasteiger partial charge >= 0.3 is 6.18 Å². The van der Waals surface area contributed by atoms with Crippen molar-refractivity contribution in [3.8, 4) is 0 Å². The van der Waals surface area contributed by atoms with Crippen LogP contribution >= 0.6 is 23.2 Å². The van der Waals surface area contributed by atoms with Crippen LogP contribution in [0.25, 0.3) is 10.8 Å². The third-order valence-corrected chi connectivity index (χ3v) is 6.24. The standard InChI is InChI=1S/C22H18Cl2F3N3O/c23-18-6-2-4-16(19(18)24)21(31)29-13-8-11-30(12-9-13)20-15-3-1-5-17(22(25,26)27)14(15)7-10-28-20/h1-7,10,13H,8-9,11-12H2,(H,29,31). The van der Waals surface area contributed by atoms with Gasteiger partial charge in [0.15, 0.2) is 0 Å². The number of rotatable bonds is 3. The van der Waals surface area contributed by atoms with Gasteiger partial charge < -0.3 is 10.2 Å². The number of halogens is 5. The number of nitrogens with zero attached hydrogens (tertiary/aromatic N) is 2. The molecule has 1 fully saturated rings. The van der Waals surface area contributed by atoms with Gasteiger partial charge in [-0.05, 0) is 42.5 Å². The highest BCUT2D eigenvalue weighted by molar-refractivity contribution is 6.43. The van der Waals surface area contributed by atoms with E-state index in [9.17, 15) is 18.0 Å². The molecule has 1 aliphatic heterocycles. The van der Waals surface area contributed by atoms with Crippen molar-refractivity contribution in [1.82, 2.24) is 10.3 Å². The van der Waals surface area contributed by atoms with Crippen LogP contribution in [-0.4, -0.2) is 30.0 Å². The molecule has 1 N–H and O–H groups in total. The van der Waals surface area contributed by atoms with E-state index in [1.165, 1.54) is 18.3 Å². The number of carbonyl (C=O) groups excluding carboxylic acids is 1. The Morgan fingerprint density at radius 2 is 1.74 bits per heavy atom. The summed E-state index contributed by atoms with van der Waals surface area (Å²) in [6, 6.07) is 10.3. The number of carbonyl (C=O) groups is 1. The first-order valence-corrected chi connectivity index (χ1v) is 10.5. The summed E-state index contributed by atoms with van der Waals surface area (Å²) in [5.74, 6) is 0.218. The van der Waals surface area contributed by atoms with Gasteiger partial charge in [0.25, 0.3) is 5.91 Å². The molecule has 4 rings (SSSR count). The lowest BCUT2D eigenvalue weighted by Gasteiger charge is -2.34. The average molecular weight is 468 g/mol. The minimum absolute atomic E-state index is 0.0838. The number of hydrogen-bond acceptors (Lipinski definition) is 3. The highest BCUT2D eigenvalue weighted by Gasteiger charge is 2.33. The Bertz CT molecular complexity index is 1130. The first-order chi connectivity index (χ1) is 14.8. The van der Waals surface area contributed by atoms with Gasteiger partial charge in [-0.15, -0.1) is 0 Å². The Labute approximate surface area is 187 Å². The van der Waals surface area contributed by atoms with E-state index in [-0.39, 0.29) is 22.4 Å². The number of benzene rings is 2. The molecule has 4 nitrogen and oxygen atoms in total. The molecular formula is C22H18Cl2F3N3O. The zero-order valence-electron chi connectivity index (χ0n) is 16.2. The molecule has 0 radical (unpaired) electrons. The number of amides is 1. The van der Waals surface area contributed by atoms with Gasteiger partial charge in [-0.2, -0.15) is 13.2 Å². The first-order valence-electron chi connectivity index (χ1n) is 9.70. The monoisotopic (exact) mass is 467 g/mol. The lowest BCUT2D eigenvalue weighted by Crippen LogP contribution is -2.45. The van der Waals surface area contributed by atoms with Crippen molar-refractivity contribution in [2.75, 3.05) is 18.0 Å². The maximum absolute atomic E-state index is 13.4. The number of hydrogen-bond donors (Lipinski definition) is 1. The molecule has 0 bridgehead atoms. The molecule has 1 aliphatic rings. The van der Waals surface area contributed by atoms with Crippen molar-refractivity contribution in [2.45, 2.75) is 25.1 Å². The summed E-state index contributed by atoms with van der Waals surface area (Å²) in [6.45, 7) is 1.10. The van der Waals surface area contributed by atoms with Crippen LogP contribution in [0.3, 0.4) is 0 Å². The molecule has 0 aliphatic carbocycles. The van der Waals surface area contributed by atoms with E-state index in [4.69, 9.17) is 23.2 Å². The largest absolute Gasteiger partial charge is 0.417 e. The van der Waals surface area contributed by atoms with Crippen LogP contribution in [0, 0.1) is 0 Å². The van der Waals surface area contributed by atoms with E-state index >= 15 is 0 Å². The van der Waals surface area contributed by atoms with E-state index in [1.807, 2.05) is 4.90 Å². The highest BCUT2D eigenvalue weighted by Crippen LogP contribution is 2.37. The van der Waals surface area contributed by atoms with E-state index in [0.29, 0.717) is 47.7 Å².